The number of carbonyl (C=O) groups is 1. The van der Waals surface area contributed by atoms with Gasteiger partial charge < -0.3 is 15.5 Å². The maximum absolute atomic E-state index is 12.4. The molecule has 2 atom stereocenters. The second-order valence-corrected chi connectivity index (χ2v) is 16.8. The number of amides is 1. The summed E-state index contributed by atoms with van der Waals surface area (Å²) in [5.41, 5.74) is 0. The summed E-state index contributed by atoms with van der Waals surface area (Å²) in [4.78, 5) is 12.4. The van der Waals surface area contributed by atoms with E-state index in [1.54, 1.807) is 6.08 Å². The fourth-order valence-electron chi connectivity index (χ4n) is 6.85. The minimum atomic E-state index is -0.896. The van der Waals surface area contributed by atoms with Gasteiger partial charge in [-0.15, -0.1) is 0 Å². The molecule has 360 valence electrons. The Hall–Kier alpha value is -3.73. The van der Waals surface area contributed by atoms with Crippen molar-refractivity contribution in [3.8, 4) is 0 Å². The second-order valence-electron chi connectivity index (χ2n) is 16.8. The Labute approximate surface area is 395 Å². The topological polar surface area (TPSA) is 69.6 Å². The number of nitrogens with one attached hydrogen (secondary N) is 1. The van der Waals surface area contributed by atoms with Crippen LogP contribution in [0.25, 0.3) is 0 Å². The number of allylic oxidation sites excluding steroid dienone is 23. The zero-order valence-corrected chi connectivity index (χ0v) is 41.2. The minimum absolute atomic E-state index is 0.116. The fourth-order valence-corrected chi connectivity index (χ4v) is 6.85. The van der Waals surface area contributed by atoms with Crippen LogP contribution in [0.3, 0.4) is 0 Å². The van der Waals surface area contributed by atoms with Crippen molar-refractivity contribution in [2.24, 2.45) is 0 Å². The summed E-state index contributed by atoms with van der Waals surface area (Å²) in [6, 6.07) is -0.676. The van der Waals surface area contributed by atoms with Crippen LogP contribution in [0.15, 0.2) is 146 Å². The molecule has 64 heavy (non-hydrogen) atoms. The van der Waals surface area contributed by atoms with Crippen LogP contribution in [0, 0.1) is 0 Å². The van der Waals surface area contributed by atoms with Gasteiger partial charge in [0, 0.05) is 6.42 Å². The Morgan fingerprint density at radius 3 is 1.09 bits per heavy atom. The van der Waals surface area contributed by atoms with Crippen molar-refractivity contribution in [2.75, 3.05) is 6.61 Å². The maximum Gasteiger partial charge on any atom is 0.220 e. The molecule has 0 aromatic heterocycles. The zero-order valence-electron chi connectivity index (χ0n) is 41.2. The lowest BCUT2D eigenvalue weighted by molar-refractivity contribution is -0.123. The molecule has 0 aliphatic heterocycles. The molecular formula is C60H97NO3. The Morgan fingerprint density at radius 1 is 0.391 bits per heavy atom. The van der Waals surface area contributed by atoms with Crippen LogP contribution >= 0.6 is 0 Å². The van der Waals surface area contributed by atoms with Crippen LogP contribution in [0.1, 0.15) is 206 Å². The van der Waals surface area contributed by atoms with Gasteiger partial charge in [-0.2, -0.15) is 0 Å². The molecule has 0 spiro atoms. The van der Waals surface area contributed by atoms with E-state index in [0.29, 0.717) is 6.42 Å². The fraction of sp³-hybridized carbons (Fsp3) is 0.583. The Bertz CT molecular complexity index is 1370. The van der Waals surface area contributed by atoms with E-state index in [-0.39, 0.29) is 12.5 Å². The smallest absolute Gasteiger partial charge is 0.220 e. The van der Waals surface area contributed by atoms with Gasteiger partial charge in [0.25, 0.3) is 0 Å². The molecule has 0 rings (SSSR count). The first-order chi connectivity index (χ1) is 31.7. The standard InChI is InChI=1S/C60H97NO3/c1-3-5-7-9-11-13-15-17-19-21-23-25-26-27-28-29-30-31-32-33-34-36-38-40-42-44-46-48-50-52-54-56-60(64)61-58(57-62)59(63)55-53-51-49-47-45-43-41-39-37-35-24-22-20-18-16-14-12-10-8-6-4-2/h5,7,11,13,17,19,23,25,27-28,30-31,33-34,37-40,44-47,53,55,58-59,62-63H,3-4,6,8-10,12,14-16,18,20-22,24,26,29,32,35-36,41-43,48-52,54,56-57H2,1-2H3,(H,61,64)/b7-5-,13-11-,19-17-,25-23-,28-27-,31-30-,34-33-,39-37+,40-38-,46-44-,47-45+,55-53+. The molecule has 0 saturated carbocycles. The van der Waals surface area contributed by atoms with Gasteiger partial charge in [-0.3, -0.25) is 4.79 Å². The third-order valence-corrected chi connectivity index (χ3v) is 10.8. The first kappa shape index (κ1) is 60.3. The van der Waals surface area contributed by atoms with Crippen molar-refractivity contribution in [1.29, 1.82) is 0 Å². The van der Waals surface area contributed by atoms with Crippen molar-refractivity contribution >= 4 is 5.91 Å². The van der Waals surface area contributed by atoms with Crippen LogP contribution < -0.4 is 5.32 Å². The molecule has 4 nitrogen and oxygen atoms in total. The van der Waals surface area contributed by atoms with Crippen LogP contribution in [0.4, 0.5) is 0 Å². The van der Waals surface area contributed by atoms with E-state index in [2.05, 4.69) is 153 Å². The normalized spacial score (nSPS) is 14.1. The largest absolute Gasteiger partial charge is 0.394 e. The Kier molecular flexibility index (Phi) is 50.5. The van der Waals surface area contributed by atoms with Gasteiger partial charge in [-0.1, -0.05) is 230 Å². The highest BCUT2D eigenvalue weighted by Crippen LogP contribution is 2.13. The first-order valence-electron chi connectivity index (χ1n) is 26.0. The lowest BCUT2D eigenvalue weighted by atomic mass is 10.1. The maximum atomic E-state index is 12.4. The SMILES string of the molecule is CC/C=C\C/C=C\C/C=C\C/C=C\C/C=C\C/C=C\C/C=C\C/C=C\C/C=C\CCCCCC(=O)NC(CO)C(O)/C=C/CC/C=C/CC/C=C/CCCCCCCCCCCCC. The molecule has 0 bridgehead atoms. The molecule has 0 aliphatic rings. The molecule has 0 aromatic rings. The van der Waals surface area contributed by atoms with Crippen molar-refractivity contribution in [3.63, 3.8) is 0 Å². The van der Waals surface area contributed by atoms with Crippen molar-refractivity contribution < 1.29 is 15.0 Å². The lowest BCUT2D eigenvalue weighted by Crippen LogP contribution is -2.45. The number of rotatable bonds is 45. The average molecular weight is 880 g/mol. The first-order valence-corrected chi connectivity index (χ1v) is 26.0. The zero-order chi connectivity index (χ0) is 46.3. The summed E-state index contributed by atoms with van der Waals surface area (Å²) in [6.07, 6.45) is 85.5. The van der Waals surface area contributed by atoms with E-state index in [4.69, 9.17) is 0 Å². The minimum Gasteiger partial charge on any atom is -0.394 e. The van der Waals surface area contributed by atoms with E-state index < -0.39 is 12.1 Å². The molecular weight excluding hydrogens is 783 g/mol. The van der Waals surface area contributed by atoms with E-state index in [1.165, 1.54) is 77.0 Å². The molecule has 4 heteroatoms. The average Bonchev–Trinajstić information content (AvgIpc) is 3.30. The van der Waals surface area contributed by atoms with E-state index in [1.807, 2.05) is 6.08 Å². The predicted octanol–water partition coefficient (Wildman–Crippen LogP) is 17.2. The summed E-state index contributed by atoms with van der Waals surface area (Å²) in [5.74, 6) is -0.116. The molecule has 0 radical (unpaired) electrons. The van der Waals surface area contributed by atoms with Crippen LogP contribution in [0.2, 0.25) is 0 Å². The molecule has 3 N–H and O–H groups in total. The van der Waals surface area contributed by atoms with E-state index in [0.717, 1.165) is 109 Å². The van der Waals surface area contributed by atoms with Gasteiger partial charge in [-0.05, 0) is 116 Å². The second kappa shape index (κ2) is 53.6. The van der Waals surface area contributed by atoms with Crippen molar-refractivity contribution in [2.45, 2.75) is 219 Å². The molecule has 0 saturated heterocycles. The Balaban J connectivity index is 3.77. The monoisotopic (exact) mass is 880 g/mol. The third-order valence-electron chi connectivity index (χ3n) is 10.8. The van der Waals surface area contributed by atoms with Gasteiger partial charge in [0.05, 0.1) is 18.8 Å². The molecule has 0 fully saturated rings. The summed E-state index contributed by atoms with van der Waals surface area (Å²) >= 11 is 0. The number of hydrogen-bond acceptors (Lipinski definition) is 3. The van der Waals surface area contributed by atoms with Gasteiger partial charge in [0.2, 0.25) is 5.91 Å². The van der Waals surface area contributed by atoms with Gasteiger partial charge in [0.15, 0.2) is 0 Å². The summed E-state index contributed by atoms with van der Waals surface area (Å²) in [6.45, 7) is 4.15. The third kappa shape index (κ3) is 49.3. The predicted molar refractivity (Wildman–Crippen MR) is 285 cm³/mol. The number of carbonyl (C=O) groups excluding carboxylic acids is 1. The highest BCUT2D eigenvalue weighted by Gasteiger charge is 2.17. The molecule has 0 aromatic carbocycles. The van der Waals surface area contributed by atoms with Gasteiger partial charge in [0.1, 0.15) is 0 Å². The quantitative estimate of drug-likeness (QED) is 0.0422. The van der Waals surface area contributed by atoms with Crippen LogP contribution in [-0.2, 0) is 4.79 Å². The van der Waals surface area contributed by atoms with Gasteiger partial charge >= 0.3 is 0 Å². The van der Waals surface area contributed by atoms with Crippen molar-refractivity contribution in [3.05, 3.63) is 146 Å². The summed E-state index contributed by atoms with van der Waals surface area (Å²) in [7, 11) is 0. The summed E-state index contributed by atoms with van der Waals surface area (Å²) < 4.78 is 0. The number of aliphatic hydroxyl groups excluding tert-OH is 2. The van der Waals surface area contributed by atoms with Crippen LogP contribution in [0.5, 0.6) is 0 Å². The molecule has 0 heterocycles. The summed E-state index contributed by atoms with van der Waals surface area (Å²) in [5, 5.41) is 23.1. The highest BCUT2D eigenvalue weighted by molar-refractivity contribution is 5.76. The van der Waals surface area contributed by atoms with E-state index >= 15 is 0 Å². The number of hydrogen-bond donors (Lipinski definition) is 3. The Morgan fingerprint density at radius 2 is 0.703 bits per heavy atom. The molecule has 1 amide bonds. The highest BCUT2D eigenvalue weighted by atomic mass is 16.3. The van der Waals surface area contributed by atoms with Gasteiger partial charge in [-0.25, -0.2) is 0 Å². The lowest BCUT2D eigenvalue weighted by Gasteiger charge is -2.19. The van der Waals surface area contributed by atoms with Crippen molar-refractivity contribution in [1.82, 2.24) is 5.32 Å². The van der Waals surface area contributed by atoms with Crippen LogP contribution in [-0.4, -0.2) is 34.9 Å². The number of unbranched alkanes of at least 4 members (excludes halogenated alkanes) is 16. The number of aliphatic hydroxyl groups is 2. The van der Waals surface area contributed by atoms with E-state index in [9.17, 15) is 15.0 Å². The molecule has 2 unspecified atom stereocenters. The molecule has 0 aliphatic carbocycles.